The van der Waals surface area contributed by atoms with Crippen molar-refractivity contribution in [2.75, 3.05) is 0 Å². The van der Waals surface area contributed by atoms with Crippen molar-refractivity contribution >= 4 is 11.1 Å². The second kappa shape index (κ2) is 4.56. The lowest BCUT2D eigenvalue weighted by atomic mass is 9.88. The van der Waals surface area contributed by atoms with E-state index in [9.17, 15) is 4.21 Å². The van der Waals surface area contributed by atoms with E-state index in [-0.39, 0.29) is 0 Å². The highest BCUT2D eigenvalue weighted by Crippen LogP contribution is 2.26. The molecule has 0 spiro atoms. The monoisotopic (exact) mass is 206 g/mol. The molecule has 0 fully saturated rings. The van der Waals surface area contributed by atoms with Gasteiger partial charge in [0.1, 0.15) is 0 Å². The summed E-state index contributed by atoms with van der Waals surface area (Å²) in [6, 6.07) is 0. The van der Waals surface area contributed by atoms with Crippen LogP contribution in [-0.4, -0.2) is 13.5 Å². The average molecular weight is 206 g/mol. The van der Waals surface area contributed by atoms with Crippen LogP contribution in [0.3, 0.4) is 0 Å². The maximum Gasteiger partial charge on any atom is 0.158 e. The van der Waals surface area contributed by atoms with Gasteiger partial charge in [-0.25, -0.2) is 4.21 Å². The van der Waals surface area contributed by atoms with Crippen LogP contribution in [0.5, 0.6) is 0 Å². The van der Waals surface area contributed by atoms with E-state index in [4.69, 9.17) is 4.55 Å². The van der Waals surface area contributed by atoms with Gasteiger partial charge in [-0.2, -0.15) is 0 Å². The highest BCUT2D eigenvalue weighted by Gasteiger charge is 2.24. The molecule has 0 saturated heterocycles. The minimum absolute atomic E-state index is 0.326. The first kappa shape index (κ1) is 13.1. The summed E-state index contributed by atoms with van der Waals surface area (Å²) in [5, 5.41) is 0. The van der Waals surface area contributed by atoms with Gasteiger partial charge in [0.2, 0.25) is 0 Å². The molecule has 1 atom stereocenters. The molecule has 0 radical (unpaired) electrons. The standard InChI is InChI=1S/C10H22O2S/c1-9(2,3)7-6-8-10(4,5)13(11)12/h6-8H2,1-5H3,(H,11,12). The van der Waals surface area contributed by atoms with Crippen molar-refractivity contribution in [2.24, 2.45) is 5.41 Å². The maximum atomic E-state index is 10.9. The quantitative estimate of drug-likeness (QED) is 0.717. The van der Waals surface area contributed by atoms with Crippen LogP contribution in [0, 0.1) is 5.41 Å². The fraction of sp³-hybridized carbons (Fsp3) is 1.00. The second-order valence-corrected chi connectivity index (χ2v) is 7.03. The van der Waals surface area contributed by atoms with Crippen molar-refractivity contribution < 1.29 is 8.76 Å². The first-order valence-electron chi connectivity index (χ1n) is 4.76. The van der Waals surface area contributed by atoms with E-state index in [1.807, 2.05) is 13.8 Å². The van der Waals surface area contributed by atoms with Gasteiger partial charge in [-0.05, 0) is 32.1 Å². The molecule has 2 nitrogen and oxygen atoms in total. The Balaban J connectivity index is 3.84. The lowest BCUT2D eigenvalue weighted by Crippen LogP contribution is -2.26. The third-order valence-electron chi connectivity index (χ3n) is 2.18. The normalized spacial score (nSPS) is 15.8. The summed E-state index contributed by atoms with van der Waals surface area (Å²) >= 11 is -1.70. The summed E-state index contributed by atoms with van der Waals surface area (Å²) < 4.78 is 19.4. The van der Waals surface area contributed by atoms with Crippen molar-refractivity contribution in [1.82, 2.24) is 0 Å². The minimum Gasteiger partial charge on any atom is -0.306 e. The third kappa shape index (κ3) is 6.22. The van der Waals surface area contributed by atoms with Crippen LogP contribution in [0.25, 0.3) is 0 Å². The summed E-state index contributed by atoms with van der Waals surface area (Å²) in [5.41, 5.74) is 0.326. The predicted octanol–water partition coefficient (Wildman–Crippen LogP) is 3.20. The topological polar surface area (TPSA) is 37.3 Å². The summed E-state index contributed by atoms with van der Waals surface area (Å²) in [7, 11) is 0. The zero-order chi connectivity index (χ0) is 10.7. The molecule has 0 aliphatic heterocycles. The van der Waals surface area contributed by atoms with E-state index in [0.717, 1.165) is 19.3 Å². The molecule has 1 unspecified atom stereocenters. The Morgan fingerprint density at radius 1 is 1.08 bits per heavy atom. The number of rotatable bonds is 4. The third-order valence-corrected chi connectivity index (χ3v) is 3.33. The van der Waals surface area contributed by atoms with Gasteiger partial charge in [0.25, 0.3) is 0 Å². The van der Waals surface area contributed by atoms with E-state index in [0.29, 0.717) is 5.41 Å². The van der Waals surface area contributed by atoms with E-state index >= 15 is 0 Å². The number of hydrogen-bond donors (Lipinski definition) is 1. The van der Waals surface area contributed by atoms with Crippen LogP contribution in [0.2, 0.25) is 0 Å². The Labute approximate surface area is 84.4 Å². The zero-order valence-corrected chi connectivity index (χ0v) is 10.2. The molecule has 0 rings (SSSR count). The Hall–Kier alpha value is 0.110. The van der Waals surface area contributed by atoms with Gasteiger partial charge in [-0.1, -0.05) is 27.2 Å². The van der Waals surface area contributed by atoms with Crippen molar-refractivity contribution in [2.45, 2.75) is 58.6 Å². The first-order valence-corrected chi connectivity index (χ1v) is 5.87. The van der Waals surface area contributed by atoms with Crippen LogP contribution >= 0.6 is 0 Å². The molecule has 3 heteroatoms. The maximum absolute atomic E-state index is 10.9. The van der Waals surface area contributed by atoms with Gasteiger partial charge in [0.15, 0.2) is 11.1 Å². The fourth-order valence-corrected chi connectivity index (χ4v) is 1.45. The molecule has 1 N–H and O–H groups in total. The molecule has 0 amide bonds. The summed E-state index contributed by atoms with van der Waals surface area (Å²) in [6.45, 7) is 10.2. The van der Waals surface area contributed by atoms with Gasteiger partial charge in [0, 0.05) is 0 Å². The fourth-order valence-electron chi connectivity index (χ4n) is 1.13. The Kier molecular flexibility index (Phi) is 4.60. The smallest absolute Gasteiger partial charge is 0.158 e. The number of hydrogen-bond acceptors (Lipinski definition) is 1. The van der Waals surface area contributed by atoms with Crippen molar-refractivity contribution in [3.05, 3.63) is 0 Å². The zero-order valence-electron chi connectivity index (χ0n) is 9.39. The van der Waals surface area contributed by atoms with Crippen molar-refractivity contribution in [3.8, 4) is 0 Å². The molecule has 13 heavy (non-hydrogen) atoms. The van der Waals surface area contributed by atoms with E-state index < -0.39 is 15.8 Å². The Bertz CT molecular complexity index is 180. The van der Waals surface area contributed by atoms with Gasteiger partial charge in [0.05, 0.1) is 4.75 Å². The van der Waals surface area contributed by atoms with Gasteiger partial charge in [-0.3, -0.25) is 0 Å². The lowest BCUT2D eigenvalue weighted by Gasteiger charge is -2.23. The molecule has 0 bridgehead atoms. The van der Waals surface area contributed by atoms with Crippen molar-refractivity contribution in [1.29, 1.82) is 0 Å². The van der Waals surface area contributed by atoms with Crippen LogP contribution in [-0.2, 0) is 11.1 Å². The molecule has 0 aromatic carbocycles. The first-order chi connectivity index (χ1) is 5.65. The van der Waals surface area contributed by atoms with Crippen LogP contribution < -0.4 is 0 Å². The molecular weight excluding hydrogens is 184 g/mol. The molecule has 0 aliphatic rings. The molecular formula is C10H22O2S. The van der Waals surface area contributed by atoms with E-state index in [1.54, 1.807) is 0 Å². The predicted molar refractivity (Wildman–Crippen MR) is 58.2 cm³/mol. The second-order valence-electron chi connectivity index (χ2n) is 5.42. The Morgan fingerprint density at radius 2 is 1.54 bits per heavy atom. The van der Waals surface area contributed by atoms with Gasteiger partial charge >= 0.3 is 0 Å². The molecule has 0 aliphatic carbocycles. The minimum atomic E-state index is -1.70. The van der Waals surface area contributed by atoms with Gasteiger partial charge < -0.3 is 4.55 Å². The van der Waals surface area contributed by atoms with Crippen molar-refractivity contribution in [3.63, 3.8) is 0 Å². The average Bonchev–Trinajstić information content (AvgIpc) is 1.82. The lowest BCUT2D eigenvalue weighted by molar-refractivity contribution is 0.348. The molecule has 80 valence electrons. The SMILES string of the molecule is CC(C)(C)CCCC(C)(C)S(=O)O. The molecule has 0 aromatic rings. The van der Waals surface area contributed by atoms with E-state index in [1.165, 1.54) is 0 Å². The molecule has 0 heterocycles. The molecule has 0 saturated carbocycles. The van der Waals surface area contributed by atoms with Crippen LogP contribution in [0.4, 0.5) is 0 Å². The summed E-state index contributed by atoms with van der Waals surface area (Å²) in [4.78, 5) is 0. The highest BCUT2D eigenvalue weighted by molar-refractivity contribution is 7.80. The van der Waals surface area contributed by atoms with Gasteiger partial charge in [-0.15, -0.1) is 0 Å². The summed E-state index contributed by atoms with van der Waals surface area (Å²) in [5.74, 6) is 0. The largest absolute Gasteiger partial charge is 0.306 e. The highest BCUT2D eigenvalue weighted by atomic mass is 32.2. The summed E-state index contributed by atoms with van der Waals surface area (Å²) in [6.07, 6.45) is 2.93. The van der Waals surface area contributed by atoms with E-state index in [2.05, 4.69) is 20.8 Å². The molecule has 0 aromatic heterocycles. The Morgan fingerprint density at radius 3 is 1.85 bits per heavy atom. The van der Waals surface area contributed by atoms with Crippen LogP contribution in [0.15, 0.2) is 0 Å². The van der Waals surface area contributed by atoms with Crippen LogP contribution in [0.1, 0.15) is 53.9 Å².